The van der Waals surface area contributed by atoms with Crippen molar-refractivity contribution in [3.8, 4) is 0 Å². The molecule has 1 aliphatic heterocycles. The molecule has 0 aliphatic carbocycles. The second kappa shape index (κ2) is 7.10. The van der Waals surface area contributed by atoms with Crippen LogP contribution in [0.3, 0.4) is 0 Å². The molecule has 2 aromatic rings. The fraction of sp³-hybridized carbons (Fsp3) is 0.412. The highest BCUT2D eigenvalue weighted by Crippen LogP contribution is 2.30. The quantitative estimate of drug-likeness (QED) is 0.855. The largest absolute Gasteiger partial charge is 0.451 e. The first-order valence-corrected chi connectivity index (χ1v) is 8.50. The van der Waals surface area contributed by atoms with E-state index in [0.29, 0.717) is 11.4 Å². The molecule has 122 valence electrons. The van der Waals surface area contributed by atoms with Gasteiger partial charge in [-0.1, -0.05) is 18.2 Å². The molecule has 1 N–H and O–H groups in total. The fourth-order valence-corrected chi connectivity index (χ4v) is 3.75. The van der Waals surface area contributed by atoms with Crippen LogP contribution in [0.15, 0.2) is 24.3 Å². The monoisotopic (exact) mass is 333 g/mol. The summed E-state index contributed by atoms with van der Waals surface area (Å²) in [5, 5.41) is 3.78. The van der Waals surface area contributed by atoms with Crippen LogP contribution in [0.25, 0.3) is 10.1 Å². The summed E-state index contributed by atoms with van der Waals surface area (Å²) in [5.74, 6) is -0.747. The third kappa shape index (κ3) is 3.71. The number of ether oxygens (including phenoxy) is 2. The summed E-state index contributed by atoms with van der Waals surface area (Å²) >= 11 is 1.39. The summed E-state index contributed by atoms with van der Waals surface area (Å²) in [7, 11) is 0. The molecular weight excluding hydrogens is 314 g/mol. The smallest absolute Gasteiger partial charge is 0.349 e. The second-order valence-corrected chi connectivity index (χ2v) is 6.62. The first-order chi connectivity index (χ1) is 11.1. The van der Waals surface area contributed by atoms with E-state index < -0.39 is 5.97 Å². The molecule has 3 rings (SSSR count). The van der Waals surface area contributed by atoms with Gasteiger partial charge in [0.2, 0.25) is 0 Å². The fourth-order valence-electron chi connectivity index (χ4n) is 2.65. The molecule has 0 unspecified atom stereocenters. The van der Waals surface area contributed by atoms with Crippen molar-refractivity contribution in [3.05, 3.63) is 34.7 Å². The van der Waals surface area contributed by atoms with Gasteiger partial charge in [-0.15, -0.1) is 11.3 Å². The normalized spacial score (nSPS) is 17.3. The molecule has 0 spiro atoms. The second-order valence-electron chi connectivity index (χ2n) is 5.57. The van der Waals surface area contributed by atoms with Crippen LogP contribution in [0.1, 0.15) is 28.1 Å². The van der Waals surface area contributed by atoms with E-state index in [-0.39, 0.29) is 18.6 Å². The molecule has 1 fully saturated rings. The molecule has 0 saturated carbocycles. The van der Waals surface area contributed by atoms with Crippen LogP contribution in [-0.4, -0.2) is 37.7 Å². The number of aryl methyl sites for hydroxylation is 1. The zero-order chi connectivity index (χ0) is 16.2. The number of rotatable bonds is 5. The van der Waals surface area contributed by atoms with Crippen LogP contribution in [0.5, 0.6) is 0 Å². The summed E-state index contributed by atoms with van der Waals surface area (Å²) < 4.78 is 11.6. The molecule has 2 heterocycles. The Kier molecular flexibility index (Phi) is 4.93. The van der Waals surface area contributed by atoms with Gasteiger partial charge >= 0.3 is 5.97 Å². The lowest BCUT2D eigenvalue weighted by molar-refractivity contribution is -0.124. The van der Waals surface area contributed by atoms with Gasteiger partial charge < -0.3 is 14.8 Å². The number of amides is 1. The van der Waals surface area contributed by atoms with E-state index in [0.717, 1.165) is 35.1 Å². The zero-order valence-electron chi connectivity index (χ0n) is 13.0. The van der Waals surface area contributed by atoms with Gasteiger partial charge in [0, 0.05) is 17.9 Å². The SMILES string of the molecule is Cc1c(C(=O)OCC(=O)NC[C@@H]2CCCO2)sc2ccccc12. The predicted molar refractivity (Wildman–Crippen MR) is 88.8 cm³/mol. The lowest BCUT2D eigenvalue weighted by atomic mass is 10.1. The number of hydrogen-bond donors (Lipinski definition) is 1. The molecular formula is C17H19NO4S. The highest BCUT2D eigenvalue weighted by atomic mass is 32.1. The van der Waals surface area contributed by atoms with Crippen molar-refractivity contribution in [2.75, 3.05) is 19.8 Å². The van der Waals surface area contributed by atoms with E-state index in [9.17, 15) is 9.59 Å². The molecule has 1 aromatic heterocycles. The third-order valence-corrected chi connectivity index (χ3v) is 5.17. The Bertz CT molecular complexity index is 718. The van der Waals surface area contributed by atoms with E-state index in [4.69, 9.17) is 9.47 Å². The average molecular weight is 333 g/mol. The minimum absolute atomic E-state index is 0.0829. The number of esters is 1. The predicted octanol–water partition coefficient (Wildman–Crippen LogP) is 2.66. The first-order valence-electron chi connectivity index (χ1n) is 7.68. The van der Waals surface area contributed by atoms with Crippen molar-refractivity contribution in [1.29, 1.82) is 0 Å². The number of nitrogens with one attached hydrogen (secondary N) is 1. The Balaban J connectivity index is 1.53. The molecule has 1 aliphatic rings. The average Bonchev–Trinajstić information content (AvgIpc) is 3.19. The van der Waals surface area contributed by atoms with E-state index in [1.807, 2.05) is 31.2 Å². The summed E-state index contributed by atoms with van der Waals surface area (Å²) in [6, 6.07) is 7.83. The highest BCUT2D eigenvalue weighted by molar-refractivity contribution is 7.21. The summed E-state index contributed by atoms with van der Waals surface area (Å²) in [6.07, 6.45) is 2.07. The Hall–Kier alpha value is -1.92. The molecule has 0 bridgehead atoms. The molecule has 1 saturated heterocycles. The van der Waals surface area contributed by atoms with Gasteiger partial charge in [-0.05, 0) is 36.8 Å². The van der Waals surface area contributed by atoms with Crippen LogP contribution in [0.2, 0.25) is 0 Å². The minimum Gasteiger partial charge on any atom is -0.451 e. The molecule has 1 aromatic carbocycles. The standard InChI is InChI=1S/C17H19NO4S/c1-11-13-6-2-3-7-14(13)23-16(11)17(20)22-10-15(19)18-9-12-5-4-8-21-12/h2-3,6-7,12H,4-5,8-10H2,1H3,(H,18,19)/t12-/m0/s1. The molecule has 6 heteroatoms. The Morgan fingerprint density at radius 2 is 2.22 bits per heavy atom. The third-order valence-electron chi connectivity index (χ3n) is 3.91. The van der Waals surface area contributed by atoms with Crippen molar-refractivity contribution < 1.29 is 19.1 Å². The van der Waals surface area contributed by atoms with E-state index in [2.05, 4.69) is 5.32 Å². The molecule has 1 atom stereocenters. The number of carbonyl (C=O) groups excluding carboxylic acids is 2. The molecule has 1 amide bonds. The van der Waals surface area contributed by atoms with Crippen molar-refractivity contribution in [1.82, 2.24) is 5.32 Å². The van der Waals surface area contributed by atoms with Crippen molar-refractivity contribution in [2.45, 2.75) is 25.9 Å². The van der Waals surface area contributed by atoms with Gasteiger partial charge in [0.25, 0.3) is 5.91 Å². The number of benzene rings is 1. The first kappa shape index (κ1) is 16.0. The maximum absolute atomic E-state index is 12.2. The summed E-state index contributed by atoms with van der Waals surface area (Å²) in [6.45, 7) is 2.85. The minimum atomic E-state index is -0.448. The number of thiophene rings is 1. The van der Waals surface area contributed by atoms with E-state index >= 15 is 0 Å². The lowest BCUT2D eigenvalue weighted by Crippen LogP contribution is -2.34. The van der Waals surface area contributed by atoms with Crippen molar-refractivity contribution in [2.24, 2.45) is 0 Å². The Labute approximate surface area is 138 Å². The summed E-state index contributed by atoms with van der Waals surface area (Å²) in [4.78, 5) is 24.5. The topological polar surface area (TPSA) is 64.6 Å². The van der Waals surface area contributed by atoms with Gasteiger partial charge in [-0.25, -0.2) is 4.79 Å². The van der Waals surface area contributed by atoms with Gasteiger partial charge in [0.05, 0.1) is 6.10 Å². The van der Waals surface area contributed by atoms with Crippen LogP contribution in [0, 0.1) is 6.92 Å². The Morgan fingerprint density at radius 1 is 1.39 bits per heavy atom. The molecule has 5 nitrogen and oxygen atoms in total. The number of hydrogen-bond acceptors (Lipinski definition) is 5. The molecule has 23 heavy (non-hydrogen) atoms. The maximum atomic E-state index is 12.2. The highest BCUT2D eigenvalue weighted by Gasteiger charge is 2.19. The van der Waals surface area contributed by atoms with E-state index in [1.165, 1.54) is 11.3 Å². The van der Waals surface area contributed by atoms with Gasteiger partial charge in [0.1, 0.15) is 4.88 Å². The van der Waals surface area contributed by atoms with Crippen LogP contribution in [-0.2, 0) is 14.3 Å². The summed E-state index contributed by atoms with van der Waals surface area (Å²) in [5.41, 5.74) is 0.898. The zero-order valence-corrected chi connectivity index (χ0v) is 13.8. The number of fused-ring (bicyclic) bond motifs is 1. The van der Waals surface area contributed by atoms with Crippen molar-refractivity contribution in [3.63, 3.8) is 0 Å². The van der Waals surface area contributed by atoms with E-state index in [1.54, 1.807) is 0 Å². The van der Waals surface area contributed by atoms with Crippen LogP contribution >= 0.6 is 11.3 Å². The lowest BCUT2D eigenvalue weighted by Gasteiger charge is -2.10. The maximum Gasteiger partial charge on any atom is 0.349 e. The molecule has 0 radical (unpaired) electrons. The van der Waals surface area contributed by atoms with Gasteiger partial charge in [-0.3, -0.25) is 4.79 Å². The van der Waals surface area contributed by atoms with Crippen LogP contribution in [0.4, 0.5) is 0 Å². The van der Waals surface area contributed by atoms with Gasteiger partial charge in [0.15, 0.2) is 6.61 Å². The Morgan fingerprint density at radius 3 is 2.96 bits per heavy atom. The van der Waals surface area contributed by atoms with Gasteiger partial charge in [-0.2, -0.15) is 0 Å². The van der Waals surface area contributed by atoms with Crippen molar-refractivity contribution >= 4 is 33.3 Å². The number of carbonyl (C=O) groups is 2. The van der Waals surface area contributed by atoms with Crippen LogP contribution < -0.4 is 5.32 Å².